The number of rotatable bonds is 5. The van der Waals surface area contributed by atoms with Crippen molar-refractivity contribution in [2.24, 2.45) is 0 Å². The van der Waals surface area contributed by atoms with E-state index < -0.39 is 10.8 Å². The molecule has 1 amide bonds. The number of aryl methyl sites for hydroxylation is 1. The molecule has 2 aromatic heterocycles. The molecule has 0 fully saturated rings. The Kier molecular flexibility index (Phi) is 5.21. The third-order valence-electron chi connectivity index (χ3n) is 3.24. The number of hydrogen-bond donors (Lipinski definition) is 1. The molecule has 2 heterocycles. The first kappa shape index (κ1) is 18.3. The van der Waals surface area contributed by atoms with Crippen LogP contribution in [-0.4, -0.2) is 27.4 Å². The fraction of sp³-hybridized carbons (Fsp3) is 0.133. The van der Waals surface area contributed by atoms with Crippen LogP contribution in [0.25, 0.3) is 10.9 Å². The number of carbonyl (C=O) groups is 1. The summed E-state index contributed by atoms with van der Waals surface area (Å²) in [7, 11) is 0. The molecule has 8 nitrogen and oxygen atoms in total. The van der Waals surface area contributed by atoms with E-state index in [4.69, 9.17) is 27.9 Å². The molecule has 26 heavy (non-hydrogen) atoms. The lowest BCUT2D eigenvalue weighted by molar-refractivity contribution is -0.380. The Bertz CT molecular complexity index is 1020. The molecule has 0 saturated heterocycles. The summed E-state index contributed by atoms with van der Waals surface area (Å²) in [4.78, 5) is 30.2. The molecule has 1 N–H and O–H groups in total. The normalized spacial score (nSPS) is 10.7. The number of nitrogens with zero attached hydrogens (tertiary/aromatic N) is 3. The Hall–Kier alpha value is -2.49. The van der Waals surface area contributed by atoms with Gasteiger partial charge in [-0.25, -0.2) is 9.97 Å². The van der Waals surface area contributed by atoms with Crippen molar-refractivity contribution in [3.8, 4) is 5.75 Å². The van der Waals surface area contributed by atoms with Crippen LogP contribution in [-0.2, 0) is 4.79 Å². The Balaban J connectivity index is 1.77. The number of pyridine rings is 1. The highest BCUT2D eigenvalue weighted by Crippen LogP contribution is 2.37. The predicted octanol–water partition coefficient (Wildman–Crippen LogP) is 4.23. The van der Waals surface area contributed by atoms with Gasteiger partial charge in [-0.2, -0.15) is 0 Å². The lowest BCUT2D eigenvalue weighted by Crippen LogP contribution is -2.20. The van der Waals surface area contributed by atoms with Gasteiger partial charge in [0.15, 0.2) is 17.5 Å². The maximum absolute atomic E-state index is 12.0. The van der Waals surface area contributed by atoms with E-state index in [0.29, 0.717) is 15.9 Å². The molecule has 0 aliphatic heterocycles. The summed E-state index contributed by atoms with van der Waals surface area (Å²) in [6.45, 7) is 1.43. The summed E-state index contributed by atoms with van der Waals surface area (Å²) in [5, 5.41) is 14.3. The molecule has 0 saturated carbocycles. The van der Waals surface area contributed by atoms with E-state index in [9.17, 15) is 14.9 Å². The molecule has 134 valence electrons. The Morgan fingerprint density at radius 2 is 2.15 bits per heavy atom. The summed E-state index contributed by atoms with van der Waals surface area (Å²) in [5.41, 5.74) is 1.18. The molecule has 3 aromatic rings. The molecule has 0 atom stereocenters. The van der Waals surface area contributed by atoms with Crippen molar-refractivity contribution in [2.45, 2.75) is 6.92 Å². The topological polar surface area (TPSA) is 107 Å². The highest BCUT2D eigenvalue weighted by atomic mass is 35.5. The number of halogens is 2. The highest BCUT2D eigenvalue weighted by molar-refractivity contribution is 7.18. The molecule has 0 radical (unpaired) electrons. The van der Waals surface area contributed by atoms with Crippen LogP contribution >= 0.6 is 34.5 Å². The smallest absolute Gasteiger partial charge is 0.345 e. The van der Waals surface area contributed by atoms with Crippen molar-refractivity contribution in [2.75, 3.05) is 11.9 Å². The largest absolute Gasteiger partial charge is 0.480 e. The van der Waals surface area contributed by atoms with Gasteiger partial charge in [0.2, 0.25) is 0 Å². The number of fused-ring (bicyclic) bond motifs is 1. The second kappa shape index (κ2) is 7.40. The van der Waals surface area contributed by atoms with Crippen LogP contribution in [0.3, 0.4) is 0 Å². The van der Waals surface area contributed by atoms with Gasteiger partial charge in [0, 0.05) is 11.1 Å². The number of aromatic nitrogens is 2. The minimum atomic E-state index is -0.586. The van der Waals surface area contributed by atoms with Gasteiger partial charge in [0.1, 0.15) is 11.7 Å². The Labute approximate surface area is 160 Å². The molecule has 11 heteroatoms. The van der Waals surface area contributed by atoms with Gasteiger partial charge >= 0.3 is 5.00 Å². The van der Waals surface area contributed by atoms with Crippen LogP contribution in [0.1, 0.15) is 5.69 Å². The summed E-state index contributed by atoms with van der Waals surface area (Å²) >= 11 is 13.1. The number of thiazole rings is 1. The molecular formula is C15H10Cl2N4O4S. The number of anilines is 1. The number of ether oxygens (including phenoxy) is 1. The first-order chi connectivity index (χ1) is 12.3. The van der Waals surface area contributed by atoms with E-state index in [1.807, 2.05) is 0 Å². The lowest BCUT2D eigenvalue weighted by atomic mass is 10.2. The van der Waals surface area contributed by atoms with E-state index in [2.05, 4.69) is 15.3 Å². The number of nitrogens with one attached hydrogen (secondary N) is 1. The molecule has 0 aliphatic rings. The molecule has 0 aliphatic carbocycles. The van der Waals surface area contributed by atoms with E-state index in [1.165, 1.54) is 6.07 Å². The fourth-order valence-corrected chi connectivity index (χ4v) is 3.35. The van der Waals surface area contributed by atoms with Crippen molar-refractivity contribution >= 4 is 61.5 Å². The minimum absolute atomic E-state index is 0.103. The summed E-state index contributed by atoms with van der Waals surface area (Å²) in [6, 6.07) is 5.10. The number of nitro groups is 1. The molecule has 0 unspecified atom stereocenters. The molecular weight excluding hydrogens is 403 g/mol. The van der Waals surface area contributed by atoms with Gasteiger partial charge in [0.05, 0.1) is 15.0 Å². The van der Waals surface area contributed by atoms with Crippen molar-refractivity contribution < 1.29 is 14.5 Å². The fourth-order valence-electron chi connectivity index (χ4n) is 2.13. The Morgan fingerprint density at radius 1 is 1.38 bits per heavy atom. The SMILES string of the molecule is Cc1ccc2c(Cl)cc(Cl)c(OCC(=O)Nc3ncc([N+](=O)[O-])s3)c2n1. The highest BCUT2D eigenvalue weighted by Gasteiger charge is 2.17. The van der Waals surface area contributed by atoms with E-state index in [1.54, 1.807) is 19.1 Å². The quantitative estimate of drug-likeness (QED) is 0.496. The van der Waals surface area contributed by atoms with E-state index in [0.717, 1.165) is 23.2 Å². The average Bonchev–Trinajstić information content (AvgIpc) is 3.03. The second-order valence-electron chi connectivity index (χ2n) is 5.12. The monoisotopic (exact) mass is 412 g/mol. The summed E-state index contributed by atoms with van der Waals surface area (Å²) < 4.78 is 5.53. The van der Waals surface area contributed by atoms with E-state index in [-0.39, 0.29) is 27.5 Å². The van der Waals surface area contributed by atoms with Crippen molar-refractivity contribution in [3.63, 3.8) is 0 Å². The average molecular weight is 413 g/mol. The van der Waals surface area contributed by atoms with Gasteiger partial charge < -0.3 is 4.74 Å². The zero-order valence-corrected chi connectivity index (χ0v) is 15.5. The molecule has 3 rings (SSSR count). The number of carbonyl (C=O) groups excluding carboxylic acids is 1. The number of hydrogen-bond acceptors (Lipinski definition) is 7. The maximum Gasteiger partial charge on any atom is 0.345 e. The van der Waals surface area contributed by atoms with Crippen molar-refractivity contribution in [1.82, 2.24) is 9.97 Å². The van der Waals surface area contributed by atoms with Crippen LogP contribution in [0.15, 0.2) is 24.4 Å². The standard InChI is InChI=1S/C15H10Cl2N4O4S/c1-7-2-3-8-9(16)4-10(17)14(13(8)19-7)25-6-11(22)20-15-18-5-12(26-15)21(23)24/h2-5H,6H2,1H3,(H,18,20,22). The van der Waals surface area contributed by atoms with Gasteiger partial charge in [-0.3, -0.25) is 20.2 Å². The van der Waals surface area contributed by atoms with Crippen molar-refractivity contribution in [3.05, 3.63) is 50.2 Å². The van der Waals surface area contributed by atoms with Crippen LogP contribution in [0.5, 0.6) is 5.75 Å². The third kappa shape index (κ3) is 3.85. The molecule has 0 spiro atoms. The van der Waals surface area contributed by atoms with Gasteiger partial charge in [-0.15, -0.1) is 0 Å². The zero-order chi connectivity index (χ0) is 18.8. The first-order valence-electron chi connectivity index (χ1n) is 7.13. The maximum atomic E-state index is 12.0. The Morgan fingerprint density at radius 3 is 2.85 bits per heavy atom. The lowest BCUT2D eigenvalue weighted by Gasteiger charge is -2.12. The summed E-state index contributed by atoms with van der Waals surface area (Å²) in [6.07, 6.45) is 1.07. The molecule has 0 bridgehead atoms. The van der Waals surface area contributed by atoms with Crippen LogP contribution in [0, 0.1) is 17.0 Å². The van der Waals surface area contributed by atoms with Gasteiger partial charge in [-0.1, -0.05) is 23.2 Å². The molecule has 1 aromatic carbocycles. The number of benzene rings is 1. The van der Waals surface area contributed by atoms with Gasteiger partial charge in [0.25, 0.3) is 5.91 Å². The third-order valence-corrected chi connectivity index (χ3v) is 4.70. The summed E-state index contributed by atoms with van der Waals surface area (Å²) in [5.74, 6) is -0.309. The van der Waals surface area contributed by atoms with Crippen molar-refractivity contribution in [1.29, 1.82) is 0 Å². The number of amides is 1. The minimum Gasteiger partial charge on any atom is -0.480 e. The predicted molar refractivity (Wildman–Crippen MR) is 99.4 cm³/mol. The second-order valence-corrected chi connectivity index (χ2v) is 6.94. The zero-order valence-electron chi connectivity index (χ0n) is 13.2. The van der Waals surface area contributed by atoms with Crippen LogP contribution in [0.4, 0.5) is 10.1 Å². The van der Waals surface area contributed by atoms with Gasteiger partial charge in [-0.05, 0) is 36.5 Å². The van der Waals surface area contributed by atoms with Crippen LogP contribution in [0.2, 0.25) is 10.0 Å². The van der Waals surface area contributed by atoms with Crippen LogP contribution < -0.4 is 10.1 Å². The first-order valence-corrected chi connectivity index (χ1v) is 8.70. The van der Waals surface area contributed by atoms with E-state index >= 15 is 0 Å².